The van der Waals surface area contributed by atoms with Crippen molar-refractivity contribution in [3.8, 4) is 12.3 Å². The van der Waals surface area contributed by atoms with Crippen molar-refractivity contribution in [1.82, 2.24) is 4.90 Å². The van der Waals surface area contributed by atoms with Gasteiger partial charge < -0.3 is 16.7 Å². The average Bonchev–Trinajstić information content (AvgIpc) is 3.18. The maximum Gasteiger partial charge on any atom is 0.335 e. The number of likely N-dealkylation sites (tertiary alicyclic amines) is 1. The number of hydrogen-bond acceptors (Lipinski definition) is 7. The zero-order valence-corrected chi connectivity index (χ0v) is 14.1. The number of hydrogen-bond donors (Lipinski definition) is 3. The highest BCUT2D eigenvalue weighted by molar-refractivity contribution is 6.36. The van der Waals surface area contributed by atoms with E-state index in [9.17, 15) is 19.5 Å². The average molecular weight is 356 g/mol. The zero-order valence-electron chi connectivity index (χ0n) is 14.1. The number of aldehydes is 1. The Morgan fingerprint density at radius 3 is 2.27 bits per heavy atom. The quantitative estimate of drug-likeness (QED) is 0.113. The zero-order chi connectivity index (χ0) is 19.4. The molecule has 2 rings (SSSR count). The van der Waals surface area contributed by atoms with Gasteiger partial charge in [0, 0.05) is 13.1 Å². The minimum absolute atomic E-state index is 0.0915. The second-order valence-electron chi connectivity index (χ2n) is 6.04. The maximum absolute atomic E-state index is 12.3. The molecule has 8 heteroatoms. The summed E-state index contributed by atoms with van der Waals surface area (Å²) in [7, 11) is 0. The molecule has 0 bridgehead atoms. The van der Waals surface area contributed by atoms with E-state index in [1.165, 1.54) is 6.21 Å². The summed E-state index contributed by atoms with van der Waals surface area (Å²) >= 11 is 0. The fourth-order valence-corrected chi connectivity index (χ4v) is 3.43. The number of benzene rings is 1. The van der Waals surface area contributed by atoms with E-state index >= 15 is 0 Å². The molecule has 1 aliphatic rings. The van der Waals surface area contributed by atoms with Gasteiger partial charge in [-0.25, -0.2) is 4.79 Å². The number of carbonyl (C=O) groups is 3. The summed E-state index contributed by atoms with van der Waals surface area (Å²) in [6.45, 7) is 0.906. The van der Waals surface area contributed by atoms with Crippen molar-refractivity contribution in [2.45, 2.75) is 23.9 Å². The van der Waals surface area contributed by atoms with E-state index in [1.807, 2.05) is 0 Å². The Morgan fingerprint density at radius 1 is 1.27 bits per heavy atom. The number of aliphatic carboxylic acids is 1. The molecule has 1 saturated heterocycles. The third-order valence-corrected chi connectivity index (χ3v) is 4.75. The highest BCUT2D eigenvalue weighted by Crippen LogP contribution is 2.40. The number of ketones is 1. The van der Waals surface area contributed by atoms with Crippen LogP contribution in [0.25, 0.3) is 0 Å². The molecule has 5 N–H and O–H groups in total. The molecule has 1 fully saturated rings. The summed E-state index contributed by atoms with van der Waals surface area (Å²) in [6, 6.07) is 6.39. The topological polar surface area (TPSA) is 139 Å². The SMILES string of the molecule is C#CC(c1ccc(C=NN)cc1)(N1CCCC1)C(N)(C(=O)O)C(=O)C=O. The Hall–Kier alpha value is -3.02. The minimum atomic E-state index is -2.63. The van der Waals surface area contributed by atoms with Crippen molar-refractivity contribution in [3.63, 3.8) is 0 Å². The first-order chi connectivity index (χ1) is 12.4. The maximum atomic E-state index is 12.3. The number of nitrogens with zero attached hydrogens (tertiary/aromatic N) is 2. The van der Waals surface area contributed by atoms with Crippen LogP contribution in [0, 0.1) is 12.3 Å². The van der Waals surface area contributed by atoms with Gasteiger partial charge in [0.15, 0.2) is 6.29 Å². The van der Waals surface area contributed by atoms with Crippen LogP contribution < -0.4 is 11.6 Å². The molecule has 2 atom stereocenters. The number of nitrogens with two attached hydrogens (primary N) is 2. The monoisotopic (exact) mass is 356 g/mol. The molecule has 0 saturated carbocycles. The van der Waals surface area contributed by atoms with Crippen LogP contribution in [-0.2, 0) is 19.9 Å². The predicted molar refractivity (Wildman–Crippen MR) is 95.2 cm³/mol. The molecule has 0 aliphatic carbocycles. The molecular weight excluding hydrogens is 336 g/mol. The Labute approximate surface area is 150 Å². The smallest absolute Gasteiger partial charge is 0.335 e. The molecule has 2 unspecified atom stereocenters. The fraction of sp³-hybridized carbons (Fsp3) is 0.333. The molecule has 0 spiro atoms. The van der Waals surface area contributed by atoms with E-state index < -0.39 is 22.8 Å². The Morgan fingerprint density at radius 2 is 1.85 bits per heavy atom. The molecule has 0 radical (unpaired) electrons. The van der Waals surface area contributed by atoms with Gasteiger partial charge in [-0.1, -0.05) is 30.2 Å². The molecule has 0 aromatic heterocycles. The summed E-state index contributed by atoms with van der Waals surface area (Å²) in [5, 5.41) is 13.2. The van der Waals surface area contributed by atoms with Crippen molar-refractivity contribution < 1.29 is 19.5 Å². The molecular formula is C18H20N4O4. The number of terminal acetylenes is 1. The Bertz CT molecular complexity index is 777. The standard InChI is InChI=1S/C18H20N4O4/c1-2-17(22-9-3-4-10-22,18(19,16(25)26)15(24)12-23)14-7-5-13(6-8-14)11-21-20/h1,5-8,11-12H,3-4,9-10,19-20H2,(H,25,26). The van der Waals surface area contributed by atoms with Crippen LogP contribution in [0.15, 0.2) is 29.4 Å². The number of rotatable bonds is 7. The summed E-state index contributed by atoms with van der Waals surface area (Å²) in [6.07, 6.45) is 8.64. The van der Waals surface area contributed by atoms with E-state index in [0.717, 1.165) is 12.8 Å². The molecule has 1 aromatic carbocycles. The van der Waals surface area contributed by atoms with Crippen LogP contribution in [0.3, 0.4) is 0 Å². The number of hydrazone groups is 1. The van der Waals surface area contributed by atoms with Gasteiger partial charge in [0.05, 0.1) is 6.21 Å². The van der Waals surface area contributed by atoms with Crippen molar-refractivity contribution in [2.75, 3.05) is 13.1 Å². The van der Waals surface area contributed by atoms with Crippen molar-refractivity contribution in [2.24, 2.45) is 16.7 Å². The van der Waals surface area contributed by atoms with Crippen LogP contribution in [0.2, 0.25) is 0 Å². The largest absolute Gasteiger partial charge is 0.479 e. The van der Waals surface area contributed by atoms with E-state index in [1.54, 1.807) is 29.2 Å². The van der Waals surface area contributed by atoms with Crippen LogP contribution in [0.4, 0.5) is 0 Å². The Balaban J connectivity index is 2.77. The summed E-state index contributed by atoms with van der Waals surface area (Å²) in [5.41, 5.74) is 2.63. The number of Topliss-reactive ketones (excluding diaryl/α,β-unsaturated/α-hetero) is 1. The van der Waals surface area contributed by atoms with Gasteiger partial charge in [0.25, 0.3) is 0 Å². The van der Waals surface area contributed by atoms with Gasteiger partial charge >= 0.3 is 5.97 Å². The van der Waals surface area contributed by atoms with Crippen LogP contribution >= 0.6 is 0 Å². The van der Waals surface area contributed by atoms with Gasteiger partial charge in [0.2, 0.25) is 11.3 Å². The van der Waals surface area contributed by atoms with Crippen molar-refractivity contribution in [3.05, 3.63) is 35.4 Å². The lowest BCUT2D eigenvalue weighted by atomic mass is 9.69. The lowest BCUT2D eigenvalue weighted by Gasteiger charge is -2.46. The van der Waals surface area contributed by atoms with Gasteiger partial charge in [-0.2, -0.15) is 5.10 Å². The number of carboxylic acids is 1. The van der Waals surface area contributed by atoms with E-state index in [-0.39, 0.29) is 6.29 Å². The third kappa shape index (κ3) is 2.77. The number of carboxylic acid groups (broad SMARTS) is 1. The normalized spacial score (nSPS) is 19.4. The molecule has 0 amide bonds. The molecule has 136 valence electrons. The predicted octanol–water partition coefficient (Wildman–Crippen LogP) is -0.546. The first-order valence-electron chi connectivity index (χ1n) is 7.97. The summed E-state index contributed by atoms with van der Waals surface area (Å²) < 4.78 is 0. The van der Waals surface area contributed by atoms with Crippen LogP contribution in [-0.4, -0.2) is 52.9 Å². The molecule has 26 heavy (non-hydrogen) atoms. The second-order valence-corrected chi connectivity index (χ2v) is 6.04. The third-order valence-electron chi connectivity index (χ3n) is 4.75. The molecule has 1 heterocycles. The molecule has 1 aliphatic heterocycles. The summed E-state index contributed by atoms with van der Waals surface area (Å²) in [5.74, 6) is 4.62. The van der Waals surface area contributed by atoms with Crippen molar-refractivity contribution in [1.29, 1.82) is 0 Å². The molecule has 1 aromatic rings. The fourth-order valence-electron chi connectivity index (χ4n) is 3.43. The first-order valence-corrected chi connectivity index (χ1v) is 7.97. The van der Waals surface area contributed by atoms with Gasteiger partial charge in [-0.3, -0.25) is 14.5 Å². The van der Waals surface area contributed by atoms with E-state index in [2.05, 4.69) is 11.0 Å². The highest BCUT2D eigenvalue weighted by Gasteiger charge is 2.63. The summed E-state index contributed by atoms with van der Waals surface area (Å²) in [4.78, 5) is 37.3. The molecule has 8 nitrogen and oxygen atoms in total. The highest BCUT2D eigenvalue weighted by atomic mass is 16.4. The lowest BCUT2D eigenvalue weighted by molar-refractivity contribution is -0.156. The number of carbonyl (C=O) groups excluding carboxylic acids is 2. The van der Waals surface area contributed by atoms with Crippen molar-refractivity contribution >= 4 is 24.3 Å². The van der Waals surface area contributed by atoms with E-state index in [4.69, 9.17) is 18.0 Å². The lowest BCUT2D eigenvalue weighted by Crippen LogP contribution is -2.73. The Kier molecular flexibility index (Phi) is 5.55. The van der Waals surface area contributed by atoms with Gasteiger partial charge in [-0.15, -0.1) is 6.42 Å². The van der Waals surface area contributed by atoms with Crippen LogP contribution in [0.5, 0.6) is 0 Å². The van der Waals surface area contributed by atoms with Gasteiger partial charge in [0.1, 0.15) is 5.54 Å². The van der Waals surface area contributed by atoms with E-state index in [0.29, 0.717) is 24.2 Å². The van der Waals surface area contributed by atoms with Gasteiger partial charge in [-0.05, 0) is 24.0 Å². The van der Waals surface area contributed by atoms with Crippen LogP contribution in [0.1, 0.15) is 24.0 Å². The second kappa shape index (κ2) is 7.47. The minimum Gasteiger partial charge on any atom is -0.479 e. The first kappa shape index (κ1) is 19.3.